The molecule has 1 aromatic carbocycles. The molecule has 1 amide bonds. The zero-order valence-corrected chi connectivity index (χ0v) is 13.3. The smallest absolute Gasteiger partial charge is 0.251 e. The first-order valence-electron chi connectivity index (χ1n) is 7.87. The molecule has 3 aromatic rings. The summed E-state index contributed by atoms with van der Waals surface area (Å²) in [6.07, 6.45) is 6.38. The third-order valence-corrected chi connectivity index (χ3v) is 4.42. The van der Waals surface area contributed by atoms with Crippen molar-refractivity contribution in [2.24, 2.45) is 7.05 Å². The number of aryl methyl sites for hydroxylation is 1. The van der Waals surface area contributed by atoms with Crippen molar-refractivity contribution in [3.05, 3.63) is 53.6 Å². The quantitative estimate of drug-likeness (QED) is 0.782. The Balaban J connectivity index is 1.51. The van der Waals surface area contributed by atoms with Gasteiger partial charge in [-0.15, -0.1) is 5.10 Å². The van der Waals surface area contributed by atoms with E-state index in [9.17, 15) is 4.79 Å². The number of rotatable bonds is 3. The molecule has 0 spiro atoms. The molecule has 1 atom stereocenters. The summed E-state index contributed by atoms with van der Waals surface area (Å²) < 4.78 is 3.44. The van der Waals surface area contributed by atoms with Crippen LogP contribution in [0.25, 0.3) is 5.69 Å². The largest absolute Gasteiger partial charge is 0.345 e. The Kier molecular flexibility index (Phi) is 3.56. The maximum Gasteiger partial charge on any atom is 0.251 e. The van der Waals surface area contributed by atoms with Crippen LogP contribution in [0.4, 0.5) is 0 Å². The van der Waals surface area contributed by atoms with Gasteiger partial charge in [-0.25, -0.2) is 4.68 Å². The Morgan fingerprint density at radius 2 is 2.12 bits per heavy atom. The van der Waals surface area contributed by atoms with Crippen LogP contribution >= 0.6 is 0 Å². The highest BCUT2D eigenvalue weighted by atomic mass is 16.1. The van der Waals surface area contributed by atoms with Crippen LogP contribution in [0, 0.1) is 0 Å². The topological polar surface area (TPSA) is 90.5 Å². The molecule has 122 valence electrons. The number of carbonyl (C=O) groups is 1. The molecule has 0 fully saturated rings. The van der Waals surface area contributed by atoms with Crippen molar-refractivity contribution < 1.29 is 4.79 Å². The number of nitrogens with zero attached hydrogens (tertiary/aromatic N) is 6. The molecule has 8 heteroatoms. The Morgan fingerprint density at radius 1 is 1.29 bits per heavy atom. The molecule has 24 heavy (non-hydrogen) atoms. The van der Waals surface area contributed by atoms with Crippen LogP contribution < -0.4 is 5.32 Å². The Morgan fingerprint density at radius 3 is 2.88 bits per heavy atom. The van der Waals surface area contributed by atoms with E-state index in [1.165, 1.54) is 12.0 Å². The van der Waals surface area contributed by atoms with E-state index in [2.05, 4.69) is 25.9 Å². The van der Waals surface area contributed by atoms with Crippen molar-refractivity contribution in [3.63, 3.8) is 0 Å². The molecular formula is C16H17N7O. The second-order valence-electron chi connectivity index (χ2n) is 5.89. The lowest BCUT2D eigenvalue weighted by atomic mass is 9.93. The number of carbonyl (C=O) groups excluding carboxylic acids is 1. The predicted octanol–water partition coefficient (Wildman–Crippen LogP) is 1.20. The first-order chi connectivity index (χ1) is 11.7. The highest BCUT2D eigenvalue weighted by molar-refractivity contribution is 5.94. The predicted molar refractivity (Wildman–Crippen MR) is 85.5 cm³/mol. The maximum atomic E-state index is 12.5. The molecule has 2 aromatic heterocycles. The van der Waals surface area contributed by atoms with E-state index in [0.717, 1.165) is 30.5 Å². The van der Waals surface area contributed by atoms with Crippen LogP contribution in [-0.2, 0) is 13.5 Å². The first kappa shape index (κ1) is 14.6. The van der Waals surface area contributed by atoms with Gasteiger partial charge < -0.3 is 5.32 Å². The van der Waals surface area contributed by atoms with Crippen molar-refractivity contribution in [3.8, 4) is 5.69 Å². The van der Waals surface area contributed by atoms with Crippen LogP contribution in [0.3, 0.4) is 0 Å². The van der Waals surface area contributed by atoms with Crippen LogP contribution in [0.15, 0.2) is 36.8 Å². The molecule has 0 bridgehead atoms. The molecule has 1 aliphatic carbocycles. The number of hydrogen-bond acceptors (Lipinski definition) is 5. The minimum atomic E-state index is -0.0834. The summed E-state index contributed by atoms with van der Waals surface area (Å²) in [6.45, 7) is 0. The second-order valence-corrected chi connectivity index (χ2v) is 5.89. The van der Waals surface area contributed by atoms with Crippen molar-refractivity contribution in [1.82, 2.24) is 35.3 Å². The summed E-state index contributed by atoms with van der Waals surface area (Å²) in [7, 11) is 1.95. The minimum Gasteiger partial charge on any atom is -0.345 e. The van der Waals surface area contributed by atoms with E-state index in [4.69, 9.17) is 0 Å². The van der Waals surface area contributed by atoms with Crippen molar-refractivity contribution in [2.45, 2.75) is 25.3 Å². The van der Waals surface area contributed by atoms with E-state index >= 15 is 0 Å². The van der Waals surface area contributed by atoms with Crippen molar-refractivity contribution in [2.75, 3.05) is 0 Å². The summed E-state index contributed by atoms with van der Waals surface area (Å²) in [6, 6.07) is 7.22. The molecule has 2 heterocycles. The lowest BCUT2D eigenvalue weighted by Crippen LogP contribution is -2.30. The van der Waals surface area contributed by atoms with Gasteiger partial charge in [0.25, 0.3) is 5.91 Å². The van der Waals surface area contributed by atoms with Crippen LogP contribution in [0.5, 0.6) is 0 Å². The number of aromatic nitrogens is 6. The molecule has 4 rings (SSSR count). The van der Waals surface area contributed by atoms with Gasteiger partial charge in [0.05, 0.1) is 17.9 Å². The van der Waals surface area contributed by atoms with Gasteiger partial charge in [0.1, 0.15) is 6.33 Å². The Hall–Kier alpha value is -3.03. The van der Waals surface area contributed by atoms with Gasteiger partial charge in [-0.05, 0) is 54.0 Å². The fourth-order valence-corrected chi connectivity index (χ4v) is 3.14. The number of amides is 1. The molecular weight excluding hydrogens is 306 g/mol. The normalized spacial score (nSPS) is 16.6. The SMILES string of the molecule is Cn1ncc2c1CCC[C@H]2NC(=O)c1ccc(-n2cnnn2)cc1. The van der Waals surface area contributed by atoms with E-state index < -0.39 is 0 Å². The molecule has 1 N–H and O–H groups in total. The average molecular weight is 323 g/mol. The summed E-state index contributed by atoms with van der Waals surface area (Å²) in [5, 5.41) is 18.5. The van der Waals surface area contributed by atoms with Gasteiger partial charge in [-0.1, -0.05) is 0 Å². The van der Waals surface area contributed by atoms with Gasteiger partial charge in [0, 0.05) is 23.9 Å². The number of nitrogens with one attached hydrogen (secondary N) is 1. The fraction of sp³-hybridized carbons (Fsp3) is 0.312. The van der Waals surface area contributed by atoms with Gasteiger partial charge in [-0.2, -0.15) is 5.10 Å². The Bertz CT molecular complexity index is 851. The molecule has 0 aliphatic heterocycles. The molecule has 8 nitrogen and oxygen atoms in total. The highest BCUT2D eigenvalue weighted by Gasteiger charge is 2.25. The number of tetrazole rings is 1. The lowest BCUT2D eigenvalue weighted by molar-refractivity contribution is 0.0932. The lowest BCUT2D eigenvalue weighted by Gasteiger charge is -2.23. The van der Waals surface area contributed by atoms with Gasteiger partial charge in [-0.3, -0.25) is 9.48 Å². The highest BCUT2D eigenvalue weighted by Crippen LogP contribution is 2.29. The summed E-state index contributed by atoms with van der Waals surface area (Å²) >= 11 is 0. The standard InChI is InChI=1S/C16H17N7O/c1-22-15-4-2-3-14(13(15)9-18-22)19-16(24)11-5-7-12(8-6-11)23-10-17-20-21-23/h5-10,14H,2-4H2,1H3,(H,19,24)/t14-/m1/s1. The number of benzene rings is 1. The molecule has 1 aliphatic rings. The van der Waals surface area contributed by atoms with Crippen LogP contribution in [-0.4, -0.2) is 35.9 Å². The molecule has 0 saturated heterocycles. The molecule has 0 unspecified atom stereocenters. The summed E-state index contributed by atoms with van der Waals surface area (Å²) in [5.41, 5.74) is 3.76. The van der Waals surface area contributed by atoms with Crippen molar-refractivity contribution in [1.29, 1.82) is 0 Å². The summed E-state index contributed by atoms with van der Waals surface area (Å²) in [4.78, 5) is 12.5. The van der Waals surface area contributed by atoms with Crippen molar-refractivity contribution >= 4 is 5.91 Å². The van der Waals surface area contributed by atoms with Crippen LogP contribution in [0.2, 0.25) is 0 Å². The minimum absolute atomic E-state index is 0.0224. The monoisotopic (exact) mass is 323 g/mol. The summed E-state index contributed by atoms with van der Waals surface area (Å²) in [5.74, 6) is -0.0834. The third kappa shape index (κ3) is 2.55. The van der Waals surface area contributed by atoms with E-state index in [1.54, 1.807) is 16.8 Å². The zero-order chi connectivity index (χ0) is 16.5. The van der Waals surface area contributed by atoms with E-state index in [-0.39, 0.29) is 11.9 Å². The number of fused-ring (bicyclic) bond motifs is 1. The Labute approximate surface area is 138 Å². The van der Waals surface area contributed by atoms with E-state index in [0.29, 0.717) is 5.56 Å². The van der Waals surface area contributed by atoms with E-state index in [1.807, 2.05) is 30.1 Å². The second kappa shape index (κ2) is 5.88. The molecule has 0 saturated carbocycles. The fourth-order valence-electron chi connectivity index (χ4n) is 3.14. The van der Waals surface area contributed by atoms with Gasteiger partial charge >= 0.3 is 0 Å². The maximum absolute atomic E-state index is 12.5. The third-order valence-electron chi connectivity index (χ3n) is 4.42. The van der Waals surface area contributed by atoms with Gasteiger partial charge in [0.15, 0.2) is 0 Å². The van der Waals surface area contributed by atoms with Crippen LogP contribution in [0.1, 0.15) is 40.5 Å². The van der Waals surface area contributed by atoms with Gasteiger partial charge in [0.2, 0.25) is 0 Å². The number of hydrogen-bond donors (Lipinski definition) is 1. The zero-order valence-electron chi connectivity index (χ0n) is 13.3. The first-order valence-corrected chi connectivity index (χ1v) is 7.87. The molecule has 0 radical (unpaired) electrons. The average Bonchev–Trinajstić information content (AvgIpc) is 3.26.